The zero-order chi connectivity index (χ0) is 15.6. The summed E-state index contributed by atoms with van der Waals surface area (Å²) in [7, 11) is 0. The number of rotatable bonds is 3. The molecule has 2 rings (SSSR count). The van der Waals surface area contributed by atoms with E-state index in [2.05, 4.69) is 5.32 Å². The van der Waals surface area contributed by atoms with Gasteiger partial charge in [-0.1, -0.05) is 35.3 Å². The number of alkyl halides is 3. The SMILES string of the molecule is CC(Nc1ccc(Cl)cc1C(F)(F)F)c1ccc(Cl)cc1. The van der Waals surface area contributed by atoms with E-state index in [9.17, 15) is 13.2 Å². The lowest BCUT2D eigenvalue weighted by Gasteiger charge is -2.20. The van der Waals surface area contributed by atoms with E-state index in [4.69, 9.17) is 23.2 Å². The molecule has 112 valence electrons. The average Bonchev–Trinajstić information content (AvgIpc) is 2.40. The van der Waals surface area contributed by atoms with Crippen LogP contribution in [0.3, 0.4) is 0 Å². The third-order valence-electron chi connectivity index (χ3n) is 3.03. The highest BCUT2D eigenvalue weighted by Gasteiger charge is 2.34. The molecule has 1 nitrogen and oxygen atoms in total. The highest BCUT2D eigenvalue weighted by atomic mass is 35.5. The van der Waals surface area contributed by atoms with Gasteiger partial charge in [0.1, 0.15) is 0 Å². The maximum atomic E-state index is 13.0. The number of hydrogen-bond donors (Lipinski definition) is 1. The van der Waals surface area contributed by atoms with Gasteiger partial charge in [0, 0.05) is 21.8 Å². The summed E-state index contributed by atoms with van der Waals surface area (Å²) in [6, 6.07) is 10.3. The Bertz CT molecular complexity index is 624. The van der Waals surface area contributed by atoms with Crippen LogP contribution in [0.15, 0.2) is 42.5 Å². The van der Waals surface area contributed by atoms with E-state index in [-0.39, 0.29) is 16.8 Å². The van der Waals surface area contributed by atoms with Gasteiger partial charge >= 0.3 is 6.18 Å². The van der Waals surface area contributed by atoms with Crippen LogP contribution < -0.4 is 5.32 Å². The van der Waals surface area contributed by atoms with Crippen LogP contribution in [0.5, 0.6) is 0 Å². The molecule has 0 saturated heterocycles. The zero-order valence-electron chi connectivity index (χ0n) is 11.0. The van der Waals surface area contributed by atoms with Crippen molar-refractivity contribution in [2.24, 2.45) is 0 Å². The number of anilines is 1. The minimum atomic E-state index is -4.47. The minimum Gasteiger partial charge on any atom is -0.378 e. The standard InChI is InChI=1S/C15H12Cl2F3N/c1-9(10-2-4-11(16)5-3-10)21-14-7-6-12(17)8-13(14)15(18,19)20/h2-9,21H,1H3. The lowest BCUT2D eigenvalue weighted by molar-refractivity contribution is -0.137. The molecule has 0 saturated carbocycles. The summed E-state index contributed by atoms with van der Waals surface area (Å²) in [5.74, 6) is 0. The van der Waals surface area contributed by atoms with Crippen molar-refractivity contribution in [1.82, 2.24) is 0 Å². The Kier molecular flexibility index (Phi) is 4.69. The normalized spacial score (nSPS) is 13.0. The van der Waals surface area contributed by atoms with Gasteiger partial charge in [-0.25, -0.2) is 0 Å². The van der Waals surface area contributed by atoms with Crippen LogP contribution in [0.25, 0.3) is 0 Å². The fraction of sp³-hybridized carbons (Fsp3) is 0.200. The van der Waals surface area contributed by atoms with Crippen molar-refractivity contribution >= 4 is 28.9 Å². The Morgan fingerprint density at radius 1 is 0.952 bits per heavy atom. The summed E-state index contributed by atoms with van der Waals surface area (Å²) in [5.41, 5.74) is 0.0487. The number of halogens is 5. The van der Waals surface area contributed by atoms with E-state index in [1.807, 2.05) is 0 Å². The largest absolute Gasteiger partial charge is 0.418 e. The fourth-order valence-electron chi connectivity index (χ4n) is 1.94. The molecule has 0 heterocycles. The maximum Gasteiger partial charge on any atom is 0.418 e. The molecule has 0 spiro atoms. The van der Waals surface area contributed by atoms with E-state index >= 15 is 0 Å². The molecule has 2 aromatic rings. The van der Waals surface area contributed by atoms with Gasteiger partial charge in [-0.05, 0) is 42.8 Å². The molecule has 1 atom stereocenters. The molecule has 0 radical (unpaired) electrons. The summed E-state index contributed by atoms with van der Waals surface area (Å²) in [6.07, 6.45) is -4.47. The number of nitrogens with one attached hydrogen (secondary N) is 1. The predicted molar refractivity (Wildman–Crippen MR) is 79.9 cm³/mol. The predicted octanol–water partition coefficient (Wildman–Crippen LogP) is 6.19. The number of hydrogen-bond acceptors (Lipinski definition) is 1. The Balaban J connectivity index is 2.29. The van der Waals surface area contributed by atoms with E-state index in [1.54, 1.807) is 31.2 Å². The molecule has 2 aromatic carbocycles. The molecule has 1 N–H and O–H groups in total. The van der Waals surface area contributed by atoms with E-state index < -0.39 is 11.7 Å². The smallest absolute Gasteiger partial charge is 0.378 e. The zero-order valence-corrected chi connectivity index (χ0v) is 12.5. The average molecular weight is 334 g/mol. The van der Waals surface area contributed by atoms with Crippen LogP contribution in [0, 0.1) is 0 Å². The van der Waals surface area contributed by atoms with E-state index in [0.717, 1.165) is 11.6 Å². The first-order valence-electron chi connectivity index (χ1n) is 6.16. The fourth-order valence-corrected chi connectivity index (χ4v) is 2.24. The monoisotopic (exact) mass is 333 g/mol. The lowest BCUT2D eigenvalue weighted by Crippen LogP contribution is -2.13. The molecule has 21 heavy (non-hydrogen) atoms. The highest BCUT2D eigenvalue weighted by molar-refractivity contribution is 6.31. The second kappa shape index (κ2) is 6.16. The summed E-state index contributed by atoms with van der Waals surface area (Å²) in [4.78, 5) is 0. The lowest BCUT2D eigenvalue weighted by atomic mass is 10.1. The van der Waals surface area contributed by atoms with Crippen molar-refractivity contribution in [1.29, 1.82) is 0 Å². The molecule has 0 aliphatic carbocycles. The number of benzene rings is 2. The summed E-state index contributed by atoms with van der Waals surface area (Å²) < 4.78 is 39.1. The topological polar surface area (TPSA) is 12.0 Å². The third kappa shape index (κ3) is 4.05. The highest BCUT2D eigenvalue weighted by Crippen LogP contribution is 2.37. The van der Waals surface area contributed by atoms with Gasteiger partial charge in [0.05, 0.1) is 5.56 Å². The quantitative estimate of drug-likeness (QED) is 0.706. The van der Waals surface area contributed by atoms with Crippen LogP contribution in [-0.2, 0) is 6.18 Å². The third-order valence-corrected chi connectivity index (χ3v) is 3.52. The molecule has 1 unspecified atom stereocenters. The minimum absolute atomic E-state index is 0.00523. The van der Waals surface area contributed by atoms with Crippen molar-refractivity contribution in [2.45, 2.75) is 19.1 Å². The second-order valence-electron chi connectivity index (χ2n) is 4.61. The van der Waals surface area contributed by atoms with Gasteiger partial charge in [0.25, 0.3) is 0 Å². The van der Waals surface area contributed by atoms with Crippen molar-refractivity contribution in [3.05, 3.63) is 63.6 Å². The molecule has 0 bridgehead atoms. The van der Waals surface area contributed by atoms with Gasteiger partial charge in [-0.2, -0.15) is 13.2 Å². The van der Waals surface area contributed by atoms with Gasteiger partial charge in [0.15, 0.2) is 0 Å². The molecule has 0 aliphatic rings. The molecule has 0 aromatic heterocycles. The van der Waals surface area contributed by atoms with E-state index in [0.29, 0.717) is 5.02 Å². The van der Waals surface area contributed by atoms with Crippen LogP contribution in [0.2, 0.25) is 10.0 Å². The van der Waals surface area contributed by atoms with Gasteiger partial charge in [0.2, 0.25) is 0 Å². The van der Waals surface area contributed by atoms with Crippen molar-refractivity contribution in [3.63, 3.8) is 0 Å². The molecule has 0 amide bonds. The molecular formula is C15H12Cl2F3N. The summed E-state index contributed by atoms with van der Waals surface area (Å²) in [6.45, 7) is 1.78. The first-order valence-corrected chi connectivity index (χ1v) is 6.91. The van der Waals surface area contributed by atoms with Crippen LogP contribution >= 0.6 is 23.2 Å². The summed E-state index contributed by atoms with van der Waals surface area (Å²) >= 11 is 11.4. The van der Waals surface area contributed by atoms with Crippen LogP contribution in [0.1, 0.15) is 24.1 Å². The molecule has 6 heteroatoms. The Morgan fingerprint density at radius 2 is 1.52 bits per heavy atom. The Morgan fingerprint density at radius 3 is 2.10 bits per heavy atom. The first kappa shape index (κ1) is 16.0. The Labute approximate surface area is 130 Å². The van der Waals surface area contributed by atoms with Gasteiger partial charge in [-0.15, -0.1) is 0 Å². The van der Waals surface area contributed by atoms with Gasteiger partial charge < -0.3 is 5.32 Å². The van der Waals surface area contributed by atoms with Crippen LogP contribution in [0.4, 0.5) is 18.9 Å². The van der Waals surface area contributed by atoms with E-state index in [1.165, 1.54) is 12.1 Å². The molecule has 0 aliphatic heterocycles. The summed E-state index contributed by atoms with van der Waals surface area (Å²) in [5, 5.41) is 3.48. The van der Waals surface area contributed by atoms with Gasteiger partial charge in [-0.3, -0.25) is 0 Å². The maximum absolute atomic E-state index is 13.0. The van der Waals surface area contributed by atoms with Crippen molar-refractivity contribution in [2.75, 3.05) is 5.32 Å². The molecular weight excluding hydrogens is 322 g/mol. The second-order valence-corrected chi connectivity index (χ2v) is 5.48. The van der Waals surface area contributed by atoms with Crippen molar-refractivity contribution in [3.8, 4) is 0 Å². The van der Waals surface area contributed by atoms with Crippen LogP contribution in [-0.4, -0.2) is 0 Å². The Hall–Kier alpha value is -1.39. The van der Waals surface area contributed by atoms with Crippen molar-refractivity contribution < 1.29 is 13.2 Å². The molecule has 0 fully saturated rings. The first-order chi connectivity index (χ1) is 9.77.